The third-order valence-electron chi connectivity index (χ3n) is 4.71. The SMILES string of the molecule is COC(=O)C1=C(C)N([C@H]2CCS(=O)(=O)C2)C(=O)N[C@H]1c1ccc(Br)cc1. The van der Waals surface area contributed by atoms with E-state index in [4.69, 9.17) is 4.74 Å². The summed E-state index contributed by atoms with van der Waals surface area (Å²) in [5.74, 6) is -0.616. The van der Waals surface area contributed by atoms with E-state index in [-0.39, 0.29) is 11.5 Å². The molecule has 1 aromatic carbocycles. The molecule has 0 unspecified atom stereocenters. The van der Waals surface area contributed by atoms with E-state index < -0.39 is 33.9 Å². The van der Waals surface area contributed by atoms with E-state index >= 15 is 0 Å². The normalized spacial score (nSPS) is 25.2. The summed E-state index contributed by atoms with van der Waals surface area (Å²) in [6, 6.07) is 5.71. The van der Waals surface area contributed by atoms with E-state index in [1.807, 2.05) is 12.1 Å². The van der Waals surface area contributed by atoms with Gasteiger partial charge in [-0.25, -0.2) is 18.0 Å². The first-order valence-corrected chi connectivity index (χ1v) is 10.7. The second-order valence-corrected chi connectivity index (χ2v) is 9.50. The van der Waals surface area contributed by atoms with Crippen molar-refractivity contribution in [2.24, 2.45) is 0 Å². The van der Waals surface area contributed by atoms with Crippen molar-refractivity contribution in [1.29, 1.82) is 0 Å². The number of nitrogens with zero attached hydrogens (tertiary/aromatic N) is 1. The van der Waals surface area contributed by atoms with Crippen LogP contribution >= 0.6 is 15.9 Å². The Morgan fingerprint density at radius 2 is 1.96 bits per heavy atom. The minimum absolute atomic E-state index is 0.0401. The molecule has 26 heavy (non-hydrogen) atoms. The minimum Gasteiger partial charge on any atom is -0.466 e. The minimum atomic E-state index is -3.17. The Balaban J connectivity index is 2.05. The quantitative estimate of drug-likeness (QED) is 0.723. The van der Waals surface area contributed by atoms with Crippen LogP contribution in [0.3, 0.4) is 0 Å². The number of amides is 2. The molecule has 1 aromatic rings. The third kappa shape index (κ3) is 3.50. The molecule has 0 bridgehead atoms. The van der Waals surface area contributed by atoms with Crippen molar-refractivity contribution < 1.29 is 22.7 Å². The van der Waals surface area contributed by atoms with Gasteiger partial charge in [0.2, 0.25) is 0 Å². The van der Waals surface area contributed by atoms with Gasteiger partial charge in [-0.15, -0.1) is 0 Å². The second kappa shape index (κ2) is 7.03. The summed E-state index contributed by atoms with van der Waals surface area (Å²) in [4.78, 5) is 26.6. The average molecular weight is 443 g/mol. The largest absolute Gasteiger partial charge is 0.466 e. The second-order valence-electron chi connectivity index (χ2n) is 6.35. The maximum atomic E-state index is 12.7. The lowest BCUT2D eigenvalue weighted by Crippen LogP contribution is -2.52. The zero-order valence-corrected chi connectivity index (χ0v) is 16.8. The van der Waals surface area contributed by atoms with Gasteiger partial charge in [0.15, 0.2) is 9.84 Å². The Labute approximate surface area is 160 Å². The Bertz CT molecular complexity index is 879. The van der Waals surface area contributed by atoms with Crippen LogP contribution in [0, 0.1) is 0 Å². The van der Waals surface area contributed by atoms with Crippen LogP contribution in [0.15, 0.2) is 40.0 Å². The molecule has 140 valence electrons. The highest BCUT2D eigenvalue weighted by molar-refractivity contribution is 9.10. The van der Waals surface area contributed by atoms with Crippen LogP contribution in [0.5, 0.6) is 0 Å². The zero-order valence-electron chi connectivity index (χ0n) is 14.4. The van der Waals surface area contributed by atoms with E-state index in [1.54, 1.807) is 19.1 Å². The summed E-state index contributed by atoms with van der Waals surface area (Å²) in [5.41, 5.74) is 1.47. The van der Waals surface area contributed by atoms with Crippen LogP contribution in [0.25, 0.3) is 0 Å². The molecule has 2 aliphatic rings. The number of urea groups is 1. The van der Waals surface area contributed by atoms with Gasteiger partial charge in [-0.3, -0.25) is 4.90 Å². The maximum Gasteiger partial charge on any atom is 0.337 e. The number of halogens is 1. The number of carbonyl (C=O) groups excluding carboxylic acids is 2. The van der Waals surface area contributed by atoms with Crippen molar-refractivity contribution in [3.63, 3.8) is 0 Å². The molecule has 0 aliphatic carbocycles. The molecule has 2 amide bonds. The summed E-state index contributed by atoms with van der Waals surface area (Å²) >= 11 is 3.36. The summed E-state index contributed by atoms with van der Waals surface area (Å²) in [5, 5.41) is 2.82. The Hall–Kier alpha value is -1.87. The Morgan fingerprint density at radius 1 is 1.31 bits per heavy atom. The fourth-order valence-corrected chi connectivity index (χ4v) is 5.42. The topological polar surface area (TPSA) is 92.8 Å². The van der Waals surface area contributed by atoms with Gasteiger partial charge < -0.3 is 10.1 Å². The predicted molar refractivity (Wildman–Crippen MR) is 99.0 cm³/mol. The fourth-order valence-electron chi connectivity index (χ4n) is 3.46. The van der Waals surface area contributed by atoms with E-state index in [0.717, 1.165) is 10.0 Å². The van der Waals surface area contributed by atoms with E-state index in [9.17, 15) is 18.0 Å². The number of benzene rings is 1. The highest BCUT2D eigenvalue weighted by atomic mass is 79.9. The molecule has 1 saturated heterocycles. The summed E-state index contributed by atoms with van der Waals surface area (Å²) < 4.78 is 29.4. The van der Waals surface area contributed by atoms with Crippen LogP contribution in [-0.2, 0) is 19.4 Å². The van der Waals surface area contributed by atoms with Crippen molar-refractivity contribution >= 4 is 37.8 Å². The lowest BCUT2D eigenvalue weighted by Gasteiger charge is -2.38. The zero-order chi connectivity index (χ0) is 19.1. The summed E-state index contributed by atoms with van der Waals surface area (Å²) in [6.07, 6.45) is 0.352. The lowest BCUT2D eigenvalue weighted by atomic mass is 9.94. The maximum absolute atomic E-state index is 12.7. The Morgan fingerprint density at radius 3 is 2.50 bits per heavy atom. The number of esters is 1. The highest BCUT2D eigenvalue weighted by Gasteiger charge is 2.42. The van der Waals surface area contributed by atoms with Crippen molar-refractivity contribution in [3.8, 4) is 0 Å². The molecule has 7 nitrogen and oxygen atoms in total. The molecule has 1 N–H and O–H groups in total. The third-order valence-corrected chi connectivity index (χ3v) is 6.99. The van der Waals surface area contributed by atoms with E-state index in [2.05, 4.69) is 21.2 Å². The number of ether oxygens (including phenoxy) is 1. The Kier molecular flexibility index (Phi) is 5.12. The number of rotatable bonds is 3. The number of sulfone groups is 1. The van der Waals surface area contributed by atoms with Crippen LogP contribution in [0.1, 0.15) is 24.9 Å². The molecule has 2 atom stereocenters. The molecule has 3 rings (SSSR count). The first-order valence-electron chi connectivity index (χ1n) is 8.08. The van der Waals surface area contributed by atoms with Gasteiger partial charge in [0.25, 0.3) is 0 Å². The number of nitrogens with one attached hydrogen (secondary N) is 1. The average Bonchev–Trinajstić information content (AvgIpc) is 2.94. The molecule has 2 aliphatic heterocycles. The van der Waals surface area contributed by atoms with Crippen molar-refractivity contribution in [1.82, 2.24) is 10.2 Å². The number of hydrogen-bond donors (Lipinski definition) is 1. The van der Waals surface area contributed by atoms with Gasteiger partial charge in [0.05, 0.1) is 36.3 Å². The van der Waals surface area contributed by atoms with Crippen molar-refractivity contribution in [2.75, 3.05) is 18.6 Å². The molecular formula is C17H19BrN2O5S. The molecule has 2 heterocycles. The van der Waals surface area contributed by atoms with Crippen molar-refractivity contribution in [3.05, 3.63) is 45.6 Å². The molecule has 0 radical (unpaired) electrons. The standard InChI is InChI=1S/C17H19BrN2O5S/c1-10-14(16(21)25-2)15(11-3-5-12(18)6-4-11)19-17(22)20(10)13-7-8-26(23,24)9-13/h3-6,13,15H,7-9H2,1-2H3,(H,19,22)/t13-,15-/m0/s1. The molecule has 1 fully saturated rings. The van der Waals surface area contributed by atoms with E-state index in [1.165, 1.54) is 12.0 Å². The number of allylic oxidation sites excluding steroid dienone is 1. The van der Waals surface area contributed by atoms with Crippen LogP contribution in [-0.4, -0.2) is 50.0 Å². The van der Waals surface area contributed by atoms with Gasteiger partial charge >= 0.3 is 12.0 Å². The van der Waals surface area contributed by atoms with Crippen molar-refractivity contribution in [2.45, 2.75) is 25.4 Å². The van der Waals surface area contributed by atoms with Crippen LogP contribution < -0.4 is 5.32 Å². The fraction of sp³-hybridized carbons (Fsp3) is 0.412. The lowest BCUT2D eigenvalue weighted by molar-refractivity contribution is -0.136. The monoisotopic (exact) mass is 442 g/mol. The molecule has 0 saturated carbocycles. The number of methoxy groups -OCH3 is 1. The van der Waals surface area contributed by atoms with Gasteiger partial charge in [0, 0.05) is 10.2 Å². The van der Waals surface area contributed by atoms with E-state index in [0.29, 0.717) is 17.7 Å². The number of hydrogen-bond acceptors (Lipinski definition) is 5. The molecular weight excluding hydrogens is 424 g/mol. The first kappa shape index (κ1) is 18.9. The number of carbonyl (C=O) groups is 2. The summed E-state index contributed by atoms with van der Waals surface area (Å²) in [6.45, 7) is 1.65. The molecule has 0 spiro atoms. The summed E-state index contributed by atoms with van der Waals surface area (Å²) in [7, 11) is -1.89. The first-order chi connectivity index (χ1) is 12.2. The predicted octanol–water partition coefficient (Wildman–Crippen LogP) is 2.15. The molecule has 0 aromatic heterocycles. The van der Waals surface area contributed by atoms with Crippen LogP contribution in [0.4, 0.5) is 4.79 Å². The van der Waals surface area contributed by atoms with Gasteiger partial charge in [0.1, 0.15) is 0 Å². The van der Waals surface area contributed by atoms with Crippen LogP contribution in [0.2, 0.25) is 0 Å². The van der Waals surface area contributed by atoms with Gasteiger partial charge in [-0.1, -0.05) is 28.1 Å². The van der Waals surface area contributed by atoms with Gasteiger partial charge in [-0.2, -0.15) is 0 Å². The highest BCUT2D eigenvalue weighted by Crippen LogP contribution is 2.34. The smallest absolute Gasteiger partial charge is 0.337 e. The van der Waals surface area contributed by atoms with Gasteiger partial charge in [-0.05, 0) is 31.0 Å². The molecule has 9 heteroatoms.